The first-order valence-electron chi connectivity index (χ1n) is 19.0. The minimum atomic E-state index is 0.554. The van der Waals surface area contributed by atoms with Crippen LogP contribution in [0.4, 0.5) is 0 Å². The Balaban J connectivity index is 1.08. The molecule has 8 aromatic carbocycles. The number of furan rings is 2. The van der Waals surface area contributed by atoms with Crippen LogP contribution >= 0.6 is 0 Å². The molecule has 0 radical (unpaired) electrons. The molecule has 0 N–H and O–H groups in total. The van der Waals surface area contributed by atoms with E-state index in [9.17, 15) is 0 Å². The minimum absolute atomic E-state index is 0.554. The Bertz CT molecular complexity index is 3530. The number of nitrogens with zero attached hydrogens (tertiary/aromatic N) is 4. The zero-order valence-corrected chi connectivity index (χ0v) is 30.4. The van der Waals surface area contributed by atoms with Crippen molar-refractivity contribution in [3.8, 4) is 51.0 Å². The maximum Gasteiger partial charge on any atom is 0.164 e. The molecule has 0 aliphatic rings. The van der Waals surface area contributed by atoms with E-state index in [4.69, 9.17) is 23.8 Å². The molecule has 0 saturated carbocycles. The second-order valence-corrected chi connectivity index (χ2v) is 14.4. The number of fused-ring (bicyclic) bond motifs is 10. The van der Waals surface area contributed by atoms with E-state index in [0.29, 0.717) is 17.5 Å². The topological polar surface area (TPSA) is 69.9 Å². The van der Waals surface area contributed by atoms with Crippen molar-refractivity contribution in [3.05, 3.63) is 182 Å². The van der Waals surface area contributed by atoms with Crippen molar-refractivity contribution in [2.24, 2.45) is 0 Å². The quantitative estimate of drug-likeness (QED) is 0.176. The maximum absolute atomic E-state index is 6.88. The van der Waals surface area contributed by atoms with E-state index in [1.807, 2.05) is 42.5 Å². The Morgan fingerprint density at radius 3 is 1.86 bits per heavy atom. The molecule has 0 unspecified atom stereocenters. The molecule has 0 fully saturated rings. The Hall–Kier alpha value is -7.83. The fourth-order valence-corrected chi connectivity index (χ4v) is 8.46. The summed E-state index contributed by atoms with van der Waals surface area (Å²) in [7, 11) is 0. The van der Waals surface area contributed by atoms with E-state index >= 15 is 0 Å². The van der Waals surface area contributed by atoms with Crippen molar-refractivity contribution in [1.82, 2.24) is 19.5 Å². The summed E-state index contributed by atoms with van der Waals surface area (Å²) in [5.41, 5.74) is 11.4. The second kappa shape index (κ2) is 12.3. The van der Waals surface area contributed by atoms with Crippen LogP contribution in [-0.2, 0) is 0 Å². The van der Waals surface area contributed by atoms with Crippen molar-refractivity contribution >= 4 is 65.7 Å². The largest absolute Gasteiger partial charge is 0.456 e. The van der Waals surface area contributed by atoms with E-state index in [0.717, 1.165) is 99.2 Å². The lowest BCUT2D eigenvalue weighted by molar-refractivity contribution is 0.669. The van der Waals surface area contributed by atoms with Gasteiger partial charge in [0.05, 0.1) is 16.4 Å². The lowest BCUT2D eigenvalue weighted by Gasteiger charge is -2.10. The predicted molar refractivity (Wildman–Crippen MR) is 230 cm³/mol. The lowest BCUT2D eigenvalue weighted by Crippen LogP contribution is -2.00. The van der Waals surface area contributed by atoms with Gasteiger partial charge in [0.15, 0.2) is 17.5 Å². The van der Waals surface area contributed by atoms with Crippen LogP contribution in [0, 0.1) is 0 Å². The summed E-state index contributed by atoms with van der Waals surface area (Å²) in [6.45, 7) is 0. The fraction of sp³-hybridized carbons (Fsp3) is 0. The zero-order valence-electron chi connectivity index (χ0n) is 30.4. The molecule has 4 aromatic heterocycles. The van der Waals surface area contributed by atoms with E-state index in [1.165, 1.54) is 0 Å². The van der Waals surface area contributed by atoms with E-state index in [-0.39, 0.29) is 0 Å². The molecule has 0 amide bonds. The first kappa shape index (κ1) is 31.5. The van der Waals surface area contributed by atoms with E-state index in [2.05, 4.69) is 144 Å². The normalized spacial score (nSPS) is 11.9. The second-order valence-electron chi connectivity index (χ2n) is 14.4. The van der Waals surface area contributed by atoms with Crippen molar-refractivity contribution in [3.63, 3.8) is 0 Å². The number of rotatable bonds is 5. The zero-order chi connectivity index (χ0) is 37.5. The highest BCUT2D eigenvalue weighted by Gasteiger charge is 2.21. The molecule has 12 rings (SSSR count). The third kappa shape index (κ3) is 4.94. The highest BCUT2D eigenvalue weighted by molar-refractivity contribution is 6.24. The smallest absolute Gasteiger partial charge is 0.164 e. The van der Waals surface area contributed by atoms with Gasteiger partial charge in [-0.05, 0) is 71.8 Å². The van der Waals surface area contributed by atoms with Gasteiger partial charge in [-0.2, -0.15) is 0 Å². The van der Waals surface area contributed by atoms with Gasteiger partial charge in [-0.15, -0.1) is 0 Å². The lowest BCUT2D eigenvalue weighted by atomic mass is 10.0. The average molecular weight is 731 g/mol. The van der Waals surface area contributed by atoms with Gasteiger partial charge in [0.1, 0.15) is 22.3 Å². The van der Waals surface area contributed by atoms with Gasteiger partial charge in [0.25, 0.3) is 0 Å². The fourth-order valence-electron chi connectivity index (χ4n) is 8.46. The molecule has 266 valence electrons. The van der Waals surface area contributed by atoms with E-state index in [1.54, 1.807) is 0 Å². The Labute approximate surface area is 325 Å². The molecular weight excluding hydrogens is 701 g/mol. The first-order chi connectivity index (χ1) is 28.2. The molecule has 12 aromatic rings. The summed E-state index contributed by atoms with van der Waals surface area (Å²) >= 11 is 0. The standard InChI is InChI=1S/C51H30N4O2/c1-3-13-31(14-4-1)32-15-11-16-33(29-32)49-52-50(54-51(53-49)40-21-12-24-44-46(40)39-20-8-10-23-43(39)56-44)34-25-26-36-37-27-28-42-47(48(37)57-45(36)30-34)38-19-7-9-22-41(38)55(42)35-17-5-2-6-18-35/h1-30H. The third-order valence-electron chi connectivity index (χ3n) is 11.1. The predicted octanol–water partition coefficient (Wildman–Crippen LogP) is 13.4. The molecule has 57 heavy (non-hydrogen) atoms. The van der Waals surface area contributed by atoms with Gasteiger partial charge in [-0.25, -0.2) is 15.0 Å². The minimum Gasteiger partial charge on any atom is -0.456 e. The molecule has 0 spiro atoms. The molecule has 0 atom stereocenters. The highest BCUT2D eigenvalue weighted by Crippen LogP contribution is 2.42. The average Bonchev–Trinajstić information content (AvgIpc) is 3.96. The van der Waals surface area contributed by atoms with Crippen molar-refractivity contribution in [2.45, 2.75) is 0 Å². The number of benzene rings is 8. The highest BCUT2D eigenvalue weighted by atomic mass is 16.3. The van der Waals surface area contributed by atoms with Crippen LogP contribution in [-0.4, -0.2) is 19.5 Å². The SMILES string of the molecule is c1ccc(-c2cccc(-c3nc(-c4ccc5c(c4)oc4c5ccc5c4c4ccccc4n5-c4ccccc4)nc(-c4cccc5oc6ccccc6c45)n3)c2)cc1. The summed E-state index contributed by atoms with van der Waals surface area (Å²) in [4.78, 5) is 15.5. The van der Waals surface area contributed by atoms with Gasteiger partial charge in [0, 0.05) is 49.3 Å². The number of hydrogen-bond acceptors (Lipinski definition) is 5. The van der Waals surface area contributed by atoms with Crippen LogP contribution in [0.1, 0.15) is 0 Å². The Kier molecular flexibility index (Phi) is 6.83. The number of hydrogen-bond donors (Lipinski definition) is 0. The van der Waals surface area contributed by atoms with Crippen LogP contribution in [0.25, 0.3) is 117 Å². The van der Waals surface area contributed by atoms with Crippen LogP contribution in [0.15, 0.2) is 191 Å². The van der Waals surface area contributed by atoms with Crippen molar-refractivity contribution < 1.29 is 8.83 Å². The van der Waals surface area contributed by atoms with Gasteiger partial charge >= 0.3 is 0 Å². The van der Waals surface area contributed by atoms with Crippen LogP contribution < -0.4 is 0 Å². The van der Waals surface area contributed by atoms with Gasteiger partial charge < -0.3 is 13.4 Å². The molecule has 0 aliphatic carbocycles. The maximum atomic E-state index is 6.88. The molecule has 0 bridgehead atoms. The van der Waals surface area contributed by atoms with Crippen molar-refractivity contribution in [1.29, 1.82) is 0 Å². The summed E-state index contributed by atoms with van der Waals surface area (Å²) in [6.07, 6.45) is 0. The van der Waals surface area contributed by atoms with Crippen LogP contribution in [0.5, 0.6) is 0 Å². The number of para-hydroxylation sites is 3. The van der Waals surface area contributed by atoms with Crippen LogP contribution in [0.3, 0.4) is 0 Å². The summed E-state index contributed by atoms with van der Waals surface area (Å²) in [5.74, 6) is 1.70. The van der Waals surface area contributed by atoms with Crippen molar-refractivity contribution in [2.75, 3.05) is 0 Å². The molecule has 6 heteroatoms. The molecule has 0 saturated heterocycles. The van der Waals surface area contributed by atoms with Gasteiger partial charge in [-0.3, -0.25) is 0 Å². The molecule has 4 heterocycles. The third-order valence-corrected chi connectivity index (χ3v) is 11.1. The molecule has 0 aliphatic heterocycles. The Morgan fingerprint density at radius 2 is 1.00 bits per heavy atom. The summed E-state index contributed by atoms with van der Waals surface area (Å²) in [5, 5.41) is 6.32. The number of aromatic nitrogens is 4. The molecule has 6 nitrogen and oxygen atoms in total. The first-order valence-corrected chi connectivity index (χ1v) is 19.0. The monoisotopic (exact) mass is 730 g/mol. The van der Waals surface area contributed by atoms with E-state index < -0.39 is 0 Å². The van der Waals surface area contributed by atoms with Gasteiger partial charge in [0.2, 0.25) is 0 Å². The van der Waals surface area contributed by atoms with Gasteiger partial charge in [-0.1, -0.05) is 121 Å². The Morgan fingerprint density at radius 1 is 0.351 bits per heavy atom. The molecular formula is C51H30N4O2. The summed E-state index contributed by atoms with van der Waals surface area (Å²) in [6, 6.07) is 62.6. The summed E-state index contributed by atoms with van der Waals surface area (Å²) < 4.78 is 15.5. The van der Waals surface area contributed by atoms with Crippen LogP contribution in [0.2, 0.25) is 0 Å².